The van der Waals surface area contributed by atoms with Crippen molar-refractivity contribution in [1.29, 1.82) is 0 Å². The molecule has 1 aliphatic rings. The molecule has 1 heterocycles. The van der Waals surface area contributed by atoms with E-state index in [2.05, 4.69) is 16.3 Å². The molecule has 2 aromatic rings. The second-order valence-electron chi connectivity index (χ2n) is 6.54. The lowest BCUT2D eigenvalue weighted by Gasteiger charge is -2.35. The fourth-order valence-electron chi connectivity index (χ4n) is 3.28. The zero-order valence-electron chi connectivity index (χ0n) is 15.4. The Morgan fingerprint density at radius 3 is 2.69 bits per heavy atom. The van der Waals surface area contributed by atoms with Crippen LogP contribution in [0.2, 0.25) is 0 Å². The minimum atomic E-state index is -0.112. The van der Waals surface area contributed by atoms with Gasteiger partial charge in [0.25, 0.3) is 0 Å². The third kappa shape index (κ3) is 4.73. The molecular weight excluding hydrogens is 344 g/mol. The summed E-state index contributed by atoms with van der Waals surface area (Å²) in [5.41, 5.74) is 1.10. The first-order valence-electron chi connectivity index (χ1n) is 9.07. The van der Waals surface area contributed by atoms with Gasteiger partial charge in [0.2, 0.25) is 5.91 Å². The Morgan fingerprint density at radius 2 is 1.92 bits per heavy atom. The molecular formula is C21H26N2O2S. The number of anilines is 1. The Bertz CT molecular complexity index is 723. The zero-order chi connectivity index (χ0) is 18.4. The number of hydrogen-bond donors (Lipinski definition) is 1. The lowest BCUT2D eigenvalue weighted by molar-refractivity contribution is -0.121. The van der Waals surface area contributed by atoms with Crippen LogP contribution in [0, 0.1) is 0 Å². The van der Waals surface area contributed by atoms with Gasteiger partial charge in [-0.3, -0.25) is 4.79 Å². The second kappa shape index (κ2) is 8.99. The van der Waals surface area contributed by atoms with Gasteiger partial charge in [-0.15, -0.1) is 11.8 Å². The summed E-state index contributed by atoms with van der Waals surface area (Å²) < 4.78 is 5.49. The van der Waals surface area contributed by atoms with Crippen LogP contribution in [0.1, 0.15) is 19.8 Å². The average molecular weight is 371 g/mol. The predicted octanol–water partition coefficient (Wildman–Crippen LogP) is 3.96. The van der Waals surface area contributed by atoms with Gasteiger partial charge in [0.15, 0.2) is 0 Å². The van der Waals surface area contributed by atoms with Crippen LogP contribution in [0.25, 0.3) is 0 Å². The molecule has 0 spiro atoms. The maximum Gasteiger partial charge on any atom is 0.233 e. The van der Waals surface area contributed by atoms with Crippen molar-refractivity contribution in [3.05, 3.63) is 54.6 Å². The molecule has 1 N–H and O–H groups in total. The monoisotopic (exact) mass is 370 g/mol. The van der Waals surface area contributed by atoms with Crippen LogP contribution >= 0.6 is 11.8 Å². The van der Waals surface area contributed by atoms with Crippen molar-refractivity contribution in [1.82, 2.24) is 5.32 Å². The quantitative estimate of drug-likeness (QED) is 0.782. The van der Waals surface area contributed by atoms with E-state index in [4.69, 9.17) is 4.74 Å². The first-order valence-corrected chi connectivity index (χ1v) is 9.95. The van der Waals surface area contributed by atoms with E-state index >= 15 is 0 Å². The van der Waals surface area contributed by atoms with Gasteiger partial charge in [0.1, 0.15) is 5.75 Å². The second-order valence-corrected chi connectivity index (χ2v) is 7.95. The fourth-order valence-corrected chi connectivity index (χ4v) is 4.18. The van der Waals surface area contributed by atoms with Crippen LogP contribution in [0.5, 0.6) is 5.75 Å². The van der Waals surface area contributed by atoms with Gasteiger partial charge < -0.3 is 15.0 Å². The molecule has 138 valence electrons. The Kier molecular flexibility index (Phi) is 6.45. The van der Waals surface area contributed by atoms with Crippen molar-refractivity contribution in [2.75, 3.05) is 25.1 Å². The van der Waals surface area contributed by atoms with Crippen molar-refractivity contribution in [2.45, 2.75) is 36.0 Å². The average Bonchev–Trinajstić information content (AvgIpc) is 2.69. The fraction of sp³-hybridized carbons (Fsp3) is 0.381. The number of benzene rings is 2. The highest BCUT2D eigenvalue weighted by Gasteiger charge is 2.25. The number of nitrogens with zero attached hydrogens (tertiary/aromatic N) is 1. The minimum absolute atomic E-state index is 0.103. The Labute approximate surface area is 159 Å². The number of methoxy groups -OCH3 is 1. The van der Waals surface area contributed by atoms with Crippen LogP contribution in [-0.2, 0) is 4.79 Å². The third-order valence-corrected chi connectivity index (χ3v) is 5.73. The van der Waals surface area contributed by atoms with Crippen LogP contribution in [-0.4, -0.2) is 37.4 Å². The molecule has 0 aromatic heterocycles. The molecule has 2 aromatic carbocycles. The van der Waals surface area contributed by atoms with E-state index in [0.29, 0.717) is 0 Å². The molecule has 0 saturated carbocycles. The summed E-state index contributed by atoms with van der Waals surface area (Å²) in [5.74, 6) is 0.984. The number of carbonyl (C=O) groups excluding carboxylic acids is 1. The molecule has 2 atom stereocenters. The van der Waals surface area contributed by atoms with Crippen LogP contribution < -0.4 is 15.0 Å². The summed E-state index contributed by atoms with van der Waals surface area (Å²) in [6.45, 7) is 3.77. The molecule has 3 rings (SSSR count). The standard InChI is InChI=1S/C21H26N2O2S/c1-16(26-18-10-4-3-5-11-18)21(24)22-17-9-8-14-23(15-17)19-12-6-7-13-20(19)25-2/h3-7,10-13,16-17H,8-9,14-15H2,1-2H3,(H,22,24). The summed E-state index contributed by atoms with van der Waals surface area (Å²) >= 11 is 1.60. The van der Waals surface area contributed by atoms with E-state index in [1.54, 1.807) is 18.9 Å². The maximum atomic E-state index is 12.6. The number of carbonyl (C=O) groups is 1. The van der Waals surface area contributed by atoms with Gasteiger partial charge in [0.05, 0.1) is 18.0 Å². The number of para-hydroxylation sites is 2. The van der Waals surface area contributed by atoms with E-state index in [-0.39, 0.29) is 17.2 Å². The normalized spacial score (nSPS) is 18.2. The molecule has 26 heavy (non-hydrogen) atoms. The molecule has 0 bridgehead atoms. The van der Waals surface area contributed by atoms with Crippen molar-refractivity contribution in [3.8, 4) is 5.75 Å². The van der Waals surface area contributed by atoms with Crippen LogP contribution in [0.3, 0.4) is 0 Å². The summed E-state index contributed by atoms with van der Waals surface area (Å²) in [6.07, 6.45) is 2.07. The number of nitrogens with one attached hydrogen (secondary N) is 1. The number of hydrogen-bond acceptors (Lipinski definition) is 4. The number of thioether (sulfide) groups is 1. The third-order valence-electron chi connectivity index (χ3n) is 4.62. The topological polar surface area (TPSA) is 41.6 Å². The van der Waals surface area contributed by atoms with Crippen molar-refractivity contribution in [3.63, 3.8) is 0 Å². The largest absolute Gasteiger partial charge is 0.495 e. The number of ether oxygens (including phenoxy) is 1. The van der Waals surface area contributed by atoms with Gasteiger partial charge >= 0.3 is 0 Å². The van der Waals surface area contributed by atoms with Gasteiger partial charge in [-0.2, -0.15) is 0 Å². The Morgan fingerprint density at radius 1 is 1.19 bits per heavy atom. The Balaban J connectivity index is 1.58. The predicted molar refractivity (Wildman–Crippen MR) is 108 cm³/mol. The van der Waals surface area contributed by atoms with Crippen molar-refractivity contribution < 1.29 is 9.53 Å². The molecule has 1 aliphatic heterocycles. The van der Waals surface area contributed by atoms with Gasteiger partial charge in [0, 0.05) is 24.0 Å². The molecule has 1 saturated heterocycles. The van der Waals surface area contributed by atoms with E-state index < -0.39 is 0 Å². The van der Waals surface area contributed by atoms with Crippen molar-refractivity contribution >= 4 is 23.4 Å². The zero-order valence-corrected chi connectivity index (χ0v) is 16.2. The smallest absolute Gasteiger partial charge is 0.233 e. The highest BCUT2D eigenvalue weighted by Crippen LogP contribution is 2.30. The van der Waals surface area contributed by atoms with Crippen LogP contribution in [0.4, 0.5) is 5.69 Å². The first-order chi connectivity index (χ1) is 12.7. The molecule has 4 nitrogen and oxygen atoms in total. The molecule has 0 aliphatic carbocycles. The van der Waals surface area contributed by atoms with E-state index in [1.807, 2.05) is 55.5 Å². The van der Waals surface area contributed by atoms with Gasteiger partial charge in [-0.25, -0.2) is 0 Å². The summed E-state index contributed by atoms with van der Waals surface area (Å²) in [7, 11) is 1.70. The lowest BCUT2D eigenvalue weighted by atomic mass is 10.0. The number of piperidine rings is 1. The lowest BCUT2D eigenvalue weighted by Crippen LogP contribution is -2.49. The summed E-state index contributed by atoms with van der Waals surface area (Å²) in [6, 6.07) is 18.3. The first kappa shape index (κ1) is 18.6. The molecule has 2 unspecified atom stereocenters. The van der Waals surface area contributed by atoms with E-state index in [0.717, 1.165) is 42.3 Å². The summed E-state index contributed by atoms with van der Waals surface area (Å²) in [5, 5.41) is 3.12. The van der Waals surface area contributed by atoms with Gasteiger partial charge in [-0.05, 0) is 44.0 Å². The SMILES string of the molecule is COc1ccccc1N1CCCC(NC(=O)C(C)Sc2ccccc2)C1. The maximum absolute atomic E-state index is 12.6. The Hall–Kier alpha value is -2.14. The molecule has 1 fully saturated rings. The van der Waals surface area contributed by atoms with Crippen LogP contribution in [0.15, 0.2) is 59.5 Å². The van der Waals surface area contributed by atoms with Gasteiger partial charge in [-0.1, -0.05) is 30.3 Å². The highest BCUT2D eigenvalue weighted by atomic mass is 32.2. The van der Waals surface area contributed by atoms with Crippen molar-refractivity contribution in [2.24, 2.45) is 0 Å². The number of rotatable bonds is 6. The number of amides is 1. The minimum Gasteiger partial charge on any atom is -0.495 e. The van der Waals surface area contributed by atoms with E-state index in [9.17, 15) is 4.79 Å². The molecule has 1 amide bonds. The molecule has 0 radical (unpaired) electrons. The highest BCUT2D eigenvalue weighted by molar-refractivity contribution is 8.00. The molecule has 5 heteroatoms. The van der Waals surface area contributed by atoms with E-state index in [1.165, 1.54) is 0 Å². The summed E-state index contributed by atoms with van der Waals surface area (Å²) in [4.78, 5) is 16.0.